The Labute approximate surface area is 296 Å². The van der Waals surface area contributed by atoms with Gasteiger partial charge in [-0.15, -0.1) is 0 Å². The first-order chi connectivity index (χ1) is 23.1. The maximum Gasteiger partial charge on any atom is 0.306 e. The lowest BCUT2D eigenvalue weighted by molar-refractivity contribution is -0.151. The Morgan fingerprint density at radius 2 is 1.69 bits per heavy atom. The van der Waals surface area contributed by atoms with E-state index < -0.39 is 0 Å². The highest BCUT2D eigenvalue weighted by atomic mass is 16.5. The Morgan fingerprint density at radius 3 is 2.48 bits per heavy atom. The Morgan fingerprint density at radius 1 is 0.896 bits per heavy atom. The minimum Gasteiger partial charge on any atom is -0.462 e. The standard InChI is InChI=1S/C45H74O3/c1-7-8-9-10-11-13-16-22-37(46)23-17-14-12-15-18-24-43(47)48-38-29-31-44(5)36(33-38)25-26-39-41-28-27-40(35(4)21-19-20-34(2)3)45(41,6)32-30-42(39)44/h8-9,11,13,16,22,25,34-35,37-42,46H,7,10,12,14-15,17-21,23-24,26-33H2,1-6H3/b9-8+,13-11+,22-16+/t35-,37?,38+,39+,40-,41+,42+,44+,45-/m1/s1. The number of aliphatic hydroxyl groups excluding tert-OH is 1. The van der Waals surface area contributed by atoms with E-state index in [1.807, 2.05) is 18.2 Å². The number of fused-ring (bicyclic) bond motifs is 5. The van der Waals surface area contributed by atoms with Gasteiger partial charge in [-0.05, 0) is 117 Å². The molecule has 0 aliphatic heterocycles. The second-order valence-electron chi connectivity index (χ2n) is 17.4. The fourth-order valence-electron chi connectivity index (χ4n) is 10.9. The SMILES string of the molecule is CC/C=C/C/C=C/C=C/C(O)CCCCCCCC(=O)O[C@H]1CC[C@@]2(C)C(=CC[C@H]3[C@@H]4CC[C@H]([C@H](C)CCCC(C)C)[C@@]4(C)CC[C@@H]32)C1. The molecule has 1 N–H and O–H groups in total. The summed E-state index contributed by atoms with van der Waals surface area (Å²) in [6, 6.07) is 0. The average molecular weight is 663 g/mol. The first-order valence-corrected chi connectivity index (χ1v) is 20.6. The van der Waals surface area contributed by atoms with Crippen molar-refractivity contribution in [3.63, 3.8) is 0 Å². The van der Waals surface area contributed by atoms with Crippen LogP contribution in [0.25, 0.3) is 0 Å². The van der Waals surface area contributed by atoms with Crippen LogP contribution in [0.4, 0.5) is 0 Å². The van der Waals surface area contributed by atoms with E-state index in [4.69, 9.17) is 4.74 Å². The highest BCUT2D eigenvalue weighted by Crippen LogP contribution is 2.67. The van der Waals surface area contributed by atoms with Gasteiger partial charge in [-0.25, -0.2) is 0 Å². The lowest BCUT2D eigenvalue weighted by atomic mass is 9.47. The molecular formula is C45H74O3. The first kappa shape index (κ1) is 39.2. The van der Waals surface area contributed by atoms with E-state index >= 15 is 0 Å². The van der Waals surface area contributed by atoms with Crippen LogP contribution in [-0.4, -0.2) is 23.3 Å². The number of hydrogen-bond acceptors (Lipinski definition) is 3. The molecule has 48 heavy (non-hydrogen) atoms. The molecule has 0 bridgehead atoms. The molecule has 0 aromatic rings. The molecule has 3 saturated carbocycles. The summed E-state index contributed by atoms with van der Waals surface area (Å²) in [5.41, 5.74) is 2.46. The van der Waals surface area contributed by atoms with Crippen LogP contribution in [0.1, 0.15) is 170 Å². The molecule has 0 heterocycles. The van der Waals surface area contributed by atoms with Gasteiger partial charge in [-0.1, -0.05) is 135 Å². The van der Waals surface area contributed by atoms with E-state index in [9.17, 15) is 9.90 Å². The molecule has 4 rings (SSSR count). The summed E-state index contributed by atoms with van der Waals surface area (Å²) in [4.78, 5) is 12.8. The minimum atomic E-state index is -0.371. The molecule has 3 nitrogen and oxygen atoms in total. The smallest absolute Gasteiger partial charge is 0.306 e. The number of aliphatic hydroxyl groups is 1. The Bertz CT molecular complexity index is 1100. The van der Waals surface area contributed by atoms with Crippen LogP contribution in [0.3, 0.4) is 0 Å². The fraction of sp³-hybridized carbons (Fsp3) is 0.800. The predicted octanol–water partition coefficient (Wildman–Crippen LogP) is 12.5. The monoisotopic (exact) mass is 663 g/mol. The molecule has 0 aromatic carbocycles. The molecule has 0 spiro atoms. The van der Waals surface area contributed by atoms with Crippen molar-refractivity contribution < 1.29 is 14.6 Å². The first-order valence-electron chi connectivity index (χ1n) is 20.6. The minimum absolute atomic E-state index is 0.00429. The number of hydrogen-bond donors (Lipinski definition) is 1. The quantitative estimate of drug-likeness (QED) is 0.0648. The van der Waals surface area contributed by atoms with Crippen molar-refractivity contribution in [1.29, 1.82) is 0 Å². The number of rotatable bonds is 19. The molecule has 9 atom stereocenters. The topological polar surface area (TPSA) is 46.5 Å². The summed E-state index contributed by atoms with van der Waals surface area (Å²) in [6.07, 6.45) is 37.6. The van der Waals surface area contributed by atoms with Crippen LogP contribution in [0.15, 0.2) is 48.1 Å². The fourth-order valence-corrected chi connectivity index (χ4v) is 10.9. The summed E-state index contributed by atoms with van der Waals surface area (Å²) in [7, 11) is 0. The number of esters is 1. The highest BCUT2D eigenvalue weighted by Gasteiger charge is 2.59. The van der Waals surface area contributed by atoms with E-state index in [2.05, 4.69) is 65.8 Å². The van der Waals surface area contributed by atoms with E-state index in [0.29, 0.717) is 17.3 Å². The van der Waals surface area contributed by atoms with E-state index in [1.54, 1.807) is 5.57 Å². The van der Waals surface area contributed by atoms with Gasteiger partial charge in [0.25, 0.3) is 0 Å². The number of carbonyl (C=O) groups is 1. The summed E-state index contributed by atoms with van der Waals surface area (Å²) in [5, 5.41) is 10.2. The van der Waals surface area contributed by atoms with Crippen molar-refractivity contribution in [2.45, 2.75) is 182 Å². The maximum atomic E-state index is 12.8. The van der Waals surface area contributed by atoms with Gasteiger partial charge in [-0.2, -0.15) is 0 Å². The van der Waals surface area contributed by atoms with Crippen molar-refractivity contribution in [3.8, 4) is 0 Å². The zero-order chi connectivity index (χ0) is 34.6. The molecule has 0 radical (unpaired) electrons. The van der Waals surface area contributed by atoms with Gasteiger partial charge in [0.2, 0.25) is 0 Å². The molecule has 4 aliphatic rings. The van der Waals surface area contributed by atoms with E-state index in [-0.39, 0.29) is 18.2 Å². The van der Waals surface area contributed by atoms with Gasteiger partial charge < -0.3 is 9.84 Å². The molecule has 3 heteroatoms. The van der Waals surface area contributed by atoms with Gasteiger partial charge >= 0.3 is 5.97 Å². The van der Waals surface area contributed by atoms with Crippen molar-refractivity contribution >= 4 is 5.97 Å². The second-order valence-corrected chi connectivity index (χ2v) is 17.4. The van der Waals surface area contributed by atoms with Crippen molar-refractivity contribution in [3.05, 3.63) is 48.1 Å². The third-order valence-corrected chi connectivity index (χ3v) is 13.7. The number of unbranched alkanes of at least 4 members (excludes halogenated alkanes) is 4. The summed E-state index contributed by atoms with van der Waals surface area (Å²) in [6.45, 7) is 14.7. The zero-order valence-electron chi connectivity index (χ0n) is 32.1. The summed E-state index contributed by atoms with van der Waals surface area (Å²) in [5.74, 6) is 5.17. The van der Waals surface area contributed by atoms with Gasteiger partial charge in [0, 0.05) is 12.8 Å². The van der Waals surface area contributed by atoms with E-state index in [0.717, 1.165) is 99.7 Å². The lowest BCUT2D eigenvalue weighted by Crippen LogP contribution is -2.51. The van der Waals surface area contributed by atoms with Crippen molar-refractivity contribution in [2.75, 3.05) is 0 Å². The van der Waals surface area contributed by atoms with Crippen LogP contribution >= 0.6 is 0 Å². The summed E-state index contributed by atoms with van der Waals surface area (Å²) >= 11 is 0. The summed E-state index contributed by atoms with van der Waals surface area (Å²) < 4.78 is 6.10. The van der Waals surface area contributed by atoms with Gasteiger partial charge in [0.1, 0.15) is 6.10 Å². The van der Waals surface area contributed by atoms with Crippen molar-refractivity contribution in [1.82, 2.24) is 0 Å². The molecule has 1 unspecified atom stereocenters. The normalized spacial score (nSPS) is 33.2. The molecule has 0 amide bonds. The van der Waals surface area contributed by atoms with Crippen LogP contribution in [0.2, 0.25) is 0 Å². The molecule has 4 aliphatic carbocycles. The van der Waals surface area contributed by atoms with Crippen molar-refractivity contribution in [2.24, 2.45) is 46.3 Å². The highest BCUT2D eigenvalue weighted by molar-refractivity contribution is 5.69. The van der Waals surface area contributed by atoms with Gasteiger partial charge in [-0.3, -0.25) is 4.79 Å². The Hall–Kier alpha value is -1.61. The van der Waals surface area contributed by atoms with Crippen LogP contribution in [-0.2, 0) is 9.53 Å². The molecular weight excluding hydrogens is 588 g/mol. The molecule has 0 saturated heterocycles. The second kappa shape index (κ2) is 19.1. The molecule has 3 fully saturated rings. The average Bonchev–Trinajstić information content (AvgIpc) is 3.41. The van der Waals surface area contributed by atoms with Crippen LogP contribution in [0.5, 0.6) is 0 Å². The van der Waals surface area contributed by atoms with Crippen LogP contribution in [0, 0.1) is 46.3 Å². The maximum absolute atomic E-state index is 12.8. The third-order valence-electron chi connectivity index (χ3n) is 13.7. The van der Waals surface area contributed by atoms with Gasteiger partial charge in [0.15, 0.2) is 0 Å². The number of carbonyl (C=O) groups excluding carboxylic acids is 1. The number of ether oxygens (including phenoxy) is 1. The number of allylic oxidation sites excluding steroid dienone is 6. The zero-order valence-corrected chi connectivity index (χ0v) is 32.1. The van der Waals surface area contributed by atoms with Crippen LogP contribution < -0.4 is 0 Å². The Balaban J connectivity index is 1.14. The predicted molar refractivity (Wildman–Crippen MR) is 204 cm³/mol. The molecule has 272 valence electrons. The Kier molecular flexibility index (Phi) is 15.6. The molecule has 0 aromatic heterocycles. The largest absolute Gasteiger partial charge is 0.462 e. The lowest BCUT2D eigenvalue weighted by Gasteiger charge is -2.58. The van der Waals surface area contributed by atoms with E-state index in [1.165, 1.54) is 57.8 Å². The third kappa shape index (κ3) is 10.5. The van der Waals surface area contributed by atoms with Gasteiger partial charge in [0.05, 0.1) is 6.10 Å².